The van der Waals surface area contributed by atoms with Crippen molar-refractivity contribution in [2.75, 3.05) is 30.1 Å². The second-order valence-corrected chi connectivity index (χ2v) is 5.95. The van der Waals surface area contributed by atoms with Crippen LogP contribution in [0.3, 0.4) is 0 Å². The molecular weight excluding hydrogens is 280 g/mol. The van der Waals surface area contributed by atoms with Crippen LogP contribution in [0.1, 0.15) is 5.56 Å². The second kappa shape index (κ2) is 7.74. The number of hydrogen-bond acceptors (Lipinski definition) is 3. The second-order valence-electron chi connectivity index (χ2n) is 4.97. The number of nitrogens with zero attached hydrogens (tertiary/aromatic N) is 1. The van der Waals surface area contributed by atoms with Crippen LogP contribution in [-0.2, 0) is 10.5 Å². The number of anilines is 2. The van der Waals surface area contributed by atoms with Crippen LogP contribution < -0.4 is 10.2 Å². The highest BCUT2D eigenvalue weighted by molar-refractivity contribution is 7.99. The number of amides is 1. The molecule has 0 aliphatic heterocycles. The molecule has 0 aliphatic rings. The molecule has 2 rings (SSSR count). The maximum Gasteiger partial charge on any atom is 0.234 e. The monoisotopic (exact) mass is 300 g/mol. The first kappa shape index (κ1) is 15.4. The van der Waals surface area contributed by atoms with Gasteiger partial charge >= 0.3 is 0 Å². The van der Waals surface area contributed by atoms with Crippen molar-refractivity contribution in [1.29, 1.82) is 0 Å². The lowest BCUT2D eigenvalue weighted by Gasteiger charge is -2.13. The molecule has 2 aromatic rings. The predicted octanol–water partition coefficient (Wildman–Crippen LogP) is 3.62. The van der Waals surface area contributed by atoms with Crippen LogP contribution in [0, 0.1) is 0 Å². The molecule has 0 saturated carbocycles. The minimum atomic E-state index is 0.0357. The molecule has 0 unspecified atom stereocenters. The van der Waals surface area contributed by atoms with Crippen LogP contribution in [0.4, 0.5) is 11.4 Å². The predicted molar refractivity (Wildman–Crippen MR) is 92.0 cm³/mol. The summed E-state index contributed by atoms with van der Waals surface area (Å²) in [5, 5.41) is 2.92. The first-order valence-corrected chi connectivity index (χ1v) is 7.99. The number of rotatable bonds is 6. The van der Waals surface area contributed by atoms with Gasteiger partial charge in [0.1, 0.15) is 0 Å². The number of hydrogen-bond donors (Lipinski definition) is 1. The van der Waals surface area contributed by atoms with Crippen molar-refractivity contribution in [2.45, 2.75) is 5.75 Å². The van der Waals surface area contributed by atoms with E-state index in [0.29, 0.717) is 5.75 Å². The molecule has 3 nitrogen and oxygen atoms in total. The summed E-state index contributed by atoms with van der Waals surface area (Å²) in [6.45, 7) is 0. The highest BCUT2D eigenvalue weighted by atomic mass is 32.2. The molecule has 0 fully saturated rings. The Hall–Kier alpha value is -1.94. The minimum absolute atomic E-state index is 0.0357. The summed E-state index contributed by atoms with van der Waals surface area (Å²) in [6, 6.07) is 18.0. The van der Waals surface area contributed by atoms with Gasteiger partial charge in [-0.05, 0) is 29.8 Å². The molecule has 0 spiro atoms. The van der Waals surface area contributed by atoms with E-state index in [2.05, 4.69) is 17.4 Å². The van der Waals surface area contributed by atoms with E-state index in [0.717, 1.165) is 17.1 Å². The number of thioether (sulfide) groups is 1. The van der Waals surface area contributed by atoms with Gasteiger partial charge in [-0.1, -0.05) is 30.3 Å². The quantitative estimate of drug-likeness (QED) is 0.884. The van der Waals surface area contributed by atoms with Crippen molar-refractivity contribution < 1.29 is 4.79 Å². The van der Waals surface area contributed by atoms with Gasteiger partial charge in [0.15, 0.2) is 0 Å². The number of nitrogens with one attached hydrogen (secondary N) is 1. The zero-order valence-corrected chi connectivity index (χ0v) is 13.2. The fraction of sp³-hybridized carbons (Fsp3) is 0.235. The van der Waals surface area contributed by atoms with Crippen LogP contribution >= 0.6 is 11.8 Å². The topological polar surface area (TPSA) is 32.3 Å². The molecule has 0 radical (unpaired) electrons. The van der Waals surface area contributed by atoms with Gasteiger partial charge in [0.25, 0.3) is 0 Å². The highest BCUT2D eigenvalue weighted by Crippen LogP contribution is 2.16. The van der Waals surface area contributed by atoms with Crippen LogP contribution in [0.2, 0.25) is 0 Å². The minimum Gasteiger partial charge on any atom is -0.378 e. The molecule has 0 bridgehead atoms. The van der Waals surface area contributed by atoms with E-state index < -0.39 is 0 Å². The van der Waals surface area contributed by atoms with E-state index in [4.69, 9.17) is 0 Å². The van der Waals surface area contributed by atoms with Crippen LogP contribution in [0.25, 0.3) is 0 Å². The average molecular weight is 300 g/mol. The Morgan fingerprint density at radius 2 is 1.71 bits per heavy atom. The molecule has 21 heavy (non-hydrogen) atoms. The first-order chi connectivity index (χ1) is 10.1. The lowest BCUT2D eigenvalue weighted by atomic mass is 10.2. The van der Waals surface area contributed by atoms with Crippen LogP contribution in [0.15, 0.2) is 54.6 Å². The largest absolute Gasteiger partial charge is 0.378 e. The molecule has 110 valence electrons. The van der Waals surface area contributed by atoms with Crippen molar-refractivity contribution in [2.24, 2.45) is 0 Å². The fourth-order valence-corrected chi connectivity index (χ4v) is 2.66. The molecule has 0 aliphatic carbocycles. The van der Waals surface area contributed by atoms with Crippen LogP contribution in [0.5, 0.6) is 0 Å². The summed E-state index contributed by atoms with van der Waals surface area (Å²) < 4.78 is 0. The molecule has 0 aromatic heterocycles. The van der Waals surface area contributed by atoms with E-state index in [1.54, 1.807) is 11.8 Å². The first-order valence-electron chi connectivity index (χ1n) is 6.84. The summed E-state index contributed by atoms with van der Waals surface area (Å²) >= 11 is 1.62. The number of carbonyl (C=O) groups excluding carboxylic acids is 1. The summed E-state index contributed by atoms with van der Waals surface area (Å²) in [4.78, 5) is 13.9. The summed E-state index contributed by atoms with van der Waals surface area (Å²) in [6.07, 6.45) is 0. The molecule has 0 saturated heterocycles. The van der Waals surface area contributed by atoms with Crippen LogP contribution in [-0.4, -0.2) is 25.8 Å². The Morgan fingerprint density at radius 1 is 1.05 bits per heavy atom. The lowest BCUT2D eigenvalue weighted by molar-refractivity contribution is -0.113. The van der Waals surface area contributed by atoms with Gasteiger partial charge < -0.3 is 10.2 Å². The molecule has 0 heterocycles. The SMILES string of the molecule is CN(C)c1ccc(NC(=O)CSCc2ccccc2)cc1. The molecule has 1 amide bonds. The summed E-state index contributed by atoms with van der Waals surface area (Å²) in [7, 11) is 3.99. The Kier molecular flexibility index (Phi) is 5.69. The molecule has 2 aromatic carbocycles. The van der Waals surface area contributed by atoms with Gasteiger partial charge in [-0.3, -0.25) is 4.79 Å². The average Bonchev–Trinajstić information content (AvgIpc) is 2.49. The molecular formula is C17H20N2OS. The van der Waals surface area contributed by atoms with E-state index in [9.17, 15) is 4.79 Å². The van der Waals surface area contributed by atoms with Crippen molar-refractivity contribution in [3.8, 4) is 0 Å². The van der Waals surface area contributed by atoms with Crippen molar-refractivity contribution in [3.63, 3.8) is 0 Å². The maximum atomic E-state index is 11.9. The zero-order chi connectivity index (χ0) is 15.1. The van der Waals surface area contributed by atoms with Gasteiger partial charge in [-0.2, -0.15) is 0 Å². The highest BCUT2D eigenvalue weighted by Gasteiger charge is 2.03. The van der Waals surface area contributed by atoms with Gasteiger partial charge in [0, 0.05) is 31.2 Å². The van der Waals surface area contributed by atoms with E-state index in [1.165, 1.54) is 5.56 Å². The smallest absolute Gasteiger partial charge is 0.234 e. The Bertz CT molecular complexity index is 567. The Balaban J connectivity index is 1.76. The lowest BCUT2D eigenvalue weighted by Crippen LogP contribution is -2.14. The van der Waals surface area contributed by atoms with E-state index in [-0.39, 0.29) is 5.91 Å². The van der Waals surface area contributed by atoms with Crippen molar-refractivity contribution in [1.82, 2.24) is 0 Å². The van der Waals surface area contributed by atoms with Crippen molar-refractivity contribution in [3.05, 3.63) is 60.2 Å². The number of benzene rings is 2. The standard InChI is InChI=1S/C17H20N2OS/c1-19(2)16-10-8-15(9-11-16)18-17(20)13-21-12-14-6-4-3-5-7-14/h3-11H,12-13H2,1-2H3,(H,18,20). The van der Waals surface area contributed by atoms with Gasteiger partial charge in [0.05, 0.1) is 5.75 Å². The Morgan fingerprint density at radius 3 is 2.33 bits per heavy atom. The normalized spacial score (nSPS) is 10.2. The third-order valence-electron chi connectivity index (χ3n) is 3.01. The van der Waals surface area contributed by atoms with Crippen molar-refractivity contribution >= 4 is 29.0 Å². The number of carbonyl (C=O) groups is 1. The Labute approximate surface area is 130 Å². The third-order valence-corrected chi connectivity index (χ3v) is 4.02. The summed E-state index contributed by atoms with van der Waals surface area (Å²) in [5.41, 5.74) is 3.20. The molecule has 4 heteroatoms. The third kappa shape index (κ3) is 5.16. The maximum absolute atomic E-state index is 11.9. The van der Waals surface area contributed by atoms with E-state index in [1.807, 2.05) is 61.5 Å². The zero-order valence-electron chi connectivity index (χ0n) is 12.4. The van der Waals surface area contributed by atoms with E-state index >= 15 is 0 Å². The molecule has 1 N–H and O–H groups in total. The van der Waals surface area contributed by atoms with Gasteiger partial charge in [-0.25, -0.2) is 0 Å². The molecule has 0 atom stereocenters. The fourth-order valence-electron chi connectivity index (χ4n) is 1.88. The summed E-state index contributed by atoms with van der Waals surface area (Å²) in [5.74, 6) is 1.35. The van der Waals surface area contributed by atoms with Gasteiger partial charge in [0.2, 0.25) is 5.91 Å². The van der Waals surface area contributed by atoms with Gasteiger partial charge in [-0.15, -0.1) is 11.8 Å².